The minimum atomic E-state index is -0.0967. The Labute approximate surface area is 66.7 Å². The molecule has 0 saturated carbocycles. The molecule has 2 aromatic heterocycles. The minimum Gasteiger partial charge on any atom is -0.266 e. The number of aryl methyl sites for hydroxylation is 1. The minimum absolute atomic E-state index is 0.0967. The molecule has 2 heterocycles. The van der Waals surface area contributed by atoms with Crippen LogP contribution in [-0.4, -0.2) is 10.2 Å². The molecule has 0 aliphatic heterocycles. The predicted molar refractivity (Wildman–Crippen MR) is 45.0 cm³/mol. The van der Waals surface area contributed by atoms with E-state index in [0.29, 0.717) is 0 Å². The highest BCUT2D eigenvalue weighted by Gasteiger charge is 2.01. The number of fused-ring (bicyclic) bond motifs is 1. The molecule has 2 aromatic rings. The topological polar surface area (TPSA) is 45.8 Å². The van der Waals surface area contributed by atoms with E-state index in [9.17, 15) is 4.79 Å². The Hall–Kier alpha value is -1.16. The lowest BCUT2D eigenvalue weighted by atomic mass is 10.3. The summed E-state index contributed by atoms with van der Waals surface area (Å²) < 4.78 is 0.762. The largest absolute Gasteiger partial charge is 0.282 e. The molecule has 0 unspecified atom stereocenters. The van der Waals surface area contributed by atoms with Gasteiger partial charge in [0.05, 0.1) is 5.69 Å². The van der Waals surface area contributed by atoms with Crippen LogP contribution in [0.15, 0.2) is 16.2 Å². The predicted octanol–water partition coefficient (Wildman–Crippen LogP) is 1.29. The average molecular weight is 166 g/mol. The zero-order valence-electron chi connectivity index (χ0n) is 5.92. The summed E-state index contributed by atoms with van der Waals surface area (Å²) in [6.45, 7) is 1.88. The SMILES string of the molecule is Cc1n[nH]c(=O)c2sccc12. The van der Waals surface area contributed by atoms with Crippen LogP contribution in [0.25, 0.3) is 10.1 Å². The van der Waals surface area contributed by atoms with Gasteiger partial charge in [0, 0.05) is 5.39 Å². The Balaban J connectivity index is 3.08. The van der Waals surface area contributed by atoms with Gasteiger partial charge in [-0.05, 0) is 18.4 Å². The summed E-state index contributed by atoms with van der Waals surface area (Å²) in [6.07, 6.45) is 0. The summed E-state index contributed by atoms with van der Waals surface area (Å²) in [6, 6.07) is 1.91. The average Bonchev–Trinajstić information content (AvgIpc) is 2.45. The van der Waals surface area contributed by atoms with Crippen molar-refractivity contribution in [3.8, 4) is 0 Å². The summed E-state index contributed by atoms with van der Waals surface area (Å²) in [5.74, 6) is 0. The van der Waals surface area contributed by atoms with Gasteiger partial charge in [-0.15, -0.1) is 11.3 Å². The van der Waals surface area contributed by atoms with E-state index in [-0.39, 0.29) is 5.56 Å². The zero-order valence-corrected chi connectivity index (χ0v) is 6.73. The quantitative estimate of drug-likeness (QED) is 0.641. The maximum absolute atomic E-state index is 11.1. The van der Waals surface area contributed by atoms with Crippen LogP contribution in [0.3, 0.4) is 0 Å². The van der Waals surface area contributed by atoms with Gasteiger partial charge in [0.2, 0.25) is 0 Å². The van der Waals surface area contributed by atoms with E-state index in [1.54, 1.807) is 0 Å². The third-order valence-electron chi connectivity index (χ3n) is 1.59. The maximum Gasteiger partial charge on any atom is 0.282 e. The van der Waals surface area contributed by atoms with Crippen molar-refractivity contribution in [2.45, 2.75) is 6.92 Å². The van der Waals surface area contributed by atoms with Crippen LogP contribution in [0.5, 0.6) is 0 Å². The van der Waals surface area contributed by atoms with Crippen molar-refractivity contribution >= 4 is 21.4 Å². The molecule has 3 nitrogen and oxygen atoms in total. The fourth-order valence-electron chi connectivity index (χ4n) is 1.02. The molecule has 0 aliphatic rings. The summed E-state index contributed by atoms with van der Waals surface area (Å²) in [4.78, 5) is 11.1. The summed E-state index contributed by atoms with van der Waals surface area (Å²) >= 11 is 1.44. The molecule has 56 valence electrons. The number of nitrogens with zero attached hydrogens (tertiary/aromatic N) is 1. The van der Waals surface area contributed by atoms with Gasteiger partial charge in [0.25, 0.3) is 5.56 Å². The molecule has 0 bridgehead atoms. The first-order valence-electron chi connectivity index (χ1n) is 3.21. The number of hydrogen-bond acceptors (Lipinski definition) is 3. The maximum atomic E-state index is 11.1. The Morgan fingerprint density at radius 2 is 2.45 bits per heavy atom. The molecule has 2 rings (SSSR count). The molecule has 1 N–H and O–H groups in total. The van der Waals surface area contributed by atoms with Crippen molar-refractivity contribution in [2.75, 3.05) is 0 Å². The Bertz CT molecular complexity index is 443. The third kappa shape index (κ3) is 0.867. The lowest BCUT2D eigenvalue weighted by Gasteiger charge is -1.90. The first kappa shape index (κ1) is 6.54. The second-order valence-electron chi connectivity index (χ2n) is 2.30. The van der Waals surface area contributed by atoms with Crippen LogP contribution in [-0.2, 0) is 0 Å². The Morgan fingerprint density at radius 3 is 3.18 bits per heavy atom. The number of rotatable bonds is 0. The molecular formula is C7H6N2OS. The van der Waals surface area contributed by atoms with Gasteiger partial charge < -0.3 is 0 Å². The van der Waals surface area contributed by atoms with Gasteiger partial charge in [0.1, 0.15) is 4.70 Å². The molecule has 0 saturated heterocycles. The van der Waals surface area contributed by atoms with Crippen LogP contribution in [0.4, 0.5) is 0 Å². The molecule has 0 amide bonds. The van der Waals surface area contributed by atoms with Crippen LogP contribution < -0.4 is 5.56 Å². The van der Waals surface area contributed by atoms with Crippen molar-refractivity contribution in [1.29, 1.82) is 0 Å². The zero-order chi connectivity index (χ0) is 7.84. The number of hydrogen-bond donors (Lipinski definition) is 1. The second-order valence-corrected chi connectivity index (χ2v) is 3.22. The van der Waals surface area contributed by atoms with E-state index in [1.807, 2.05) is 18.4 Å². The normalized spacial score (nSPS) is 10.6. The number of H-pyrrole nitrogens is 1. The molecular weight excluding hydrogens is 160 g/mol. The monoisotopic (exact) mass is 166 g/mol. The molecule has 0 radical (unpaired) electrons. The number of nitrogens with one attached hydrogen (secondary N) is 1. The highest BCUT2D eigenvalue weighted by molar-refractivity contribution is 7.17. The van der Waals surface area contributed by atoms with Gasteiger partial charge in [-0.25, -0.2) is 5.10 Å². The first-order valence-corrected chi connectivity index (χ1v) is 4.09. The Kier molecular flexibility index (Phi) is 1.29. The van der Waals surface area contributed by atoms with Crippen LogP contribution in [0.1, 0.15) is 5.69 Å². The second kappa shape index (κ2) is 2.17. The first-order chi connectivity index (χ1) is 5.29. The van der Waals surface area contributed by atoms with Gasteiger partial charge >= 0.3 is 0 Å². The van der Waals surface area contributed by atoms with Crippen molar-refractivity contribution in [3.05, 3.63) is 27.5 Å². The van der Waals surface area contributed by atoms with Crippen LogP contribution in [0, 0.1) is 6.92 Å². The Morgan fingerprint density at radius 1 is 1.64 bits per heavy atom. The lowest BCUT2D eigenvalue weighted by Crippen LogP contribution is -2.07. The van der Waals surface area contributed by atoms with Crippen molar-refractivity contribution in [2.24, 2.45) is 0 Å². The highest BCUT2D eigenvalue weighted by Crippen LogP contribution is 2.17. The van der Waals surface area contributed by atoms with E-state index in [1.165, 1.54) is 11.3 Å². The molecule has 0 aromatic carbocycles. The molecule has 0 aliphatic carbocycles. The van der Waals surface area contributed by atoms with Gasteiger partial charge in [-0.3, -0.25) is 4.79 Å². The van der Waals surface area contributed by atoms with Gasteiger partial charge in [-0.2, -0.15) is 5.10 Å². The standard InChI is InChI=1S/C7H6N2OS/c1-4-5-2-3-11-6(5)7(10)9-8-4/h2-3H,1H3,(H,9,10). The van der Waals surface area contributed by atoms with Gasteiger partial charge in [0.15, 0.2) is 0 Å². The lowest BCUT2D eigenvalue weighted by molar-refractivity contribution is 0.973. The molecule has 0 spiro atoms. The highest BCUT2D eigenvalue weighted by atomic mass is 32.1. The molecule has 0 atom stereocenters. The summed E-state index contributed by atoms with van der Waals surface area (Å²) in [5.41, 5.74) is 0.779. The number of aromatic amines is 1. The van der Waals surface area contributed by atoms with Crippen LogP contribution >= 0.6 is 11.3 Å². The smallest absolute Gasteiger partial charge is 0.266 e. The molecule has 4 heteroatoms. The van der Waals surface area contributed by atoms with Crippen molar-refractivity contribution < 1.29 is 0 Å². The number of thiophene rings is 1. The third-order valence-corrected chi connectivity index (χ3v) is 2.50. The van der Waals surface area contributed by atoms with Gasteiger partial charge in [-0.1, -0.05) is 0 Å². The fraction of sp³-hybridized carbons (Fsp3) is 0.143. The van der Waals surface area contributed by atoms with E-state index in [0.717, 1.165) is 15.8 Å². The van der Waals surface area contributed by atoms with E-state index < -0.39 is 0 Å². The summed E-state index contributed by atoms with van der Waals surface area (Å²) in [5, 5.41) is 9.14. The fourth-order valence-corrected chi connectivity index (χ4v) is 1.85. The molecule has 0 fully saturated rings. The van der Waals surface area contributed by atoms with E-state index >= 15 is 0 Å². The van der Waals surface area contributed by atoms with E-state index in [4.69, 9.17) is 0 Å². The van der Waals surface area contributed by atoms with Crippen molar-refractivity contribution in [3.63, 3.8) is 0 Å². The molecule has 11 heavy (non-hydrogen) atoms. The van der Waals surface area contributed by atoms with E-state index in [2.05, 4.69) is 10.2 Å². The number of aromatic nitrogens is 2. The van der Waals surface area contributed by atoms with Crippen LogP contribution in [0.2, 0.25) is 0 Å². The summed E-state index contributed by atoms with van der Waals surface area (Å²) in [7, 11) is 0. The van der Waals surface area contributed by atoms with Crippen molar-refractivity contribution in [1.82, 2.24) is 10.2 Å².